The molecular formula is C8H5BrCl2O2. The van der Waals surface area contributed by atoms with Crippen LogP contribution in [0, 0.1) is 0 Å². The molecule has 0 aliphatic carbocycles. The van der Waals surface area contributed by atoms with E-state index in [0.29, 0.717) is 10.2 Å². The number of rotatable bonds is 2. The van der Waals surface area contributed by atoms with E-state index < -0.39 is 5.24 Å². The van der Waals surface area contributed by atoms with E-state index in [2.05, 4.69) is 15.9 Å². The second kappa shape index (κ2) is 4.31. The summed E-state index contributed by atoms with van der Waals surface area (Å²) >= 11 is 14.4. The third-order valence-electron chi connectivity index (χ3n) is 1.47. The summed E-state index contributed by atoms with van der Waals surface area (Å²) in [4.78, 5) is 11.0. The molecule has 0 bridgehead atoms. The number of ether oxygens (including phenoxy) is 1. The van der Waals surface area contributed by atoms with Crippen LogP contribution in [0.25, 0.3) is 0 Å². The van der Waals surface area contributed by atoms with Crippen molar-refractivity contribution in [3.63, 3.8) is 0 Å². The molecule has 1 aromatic carbocycles. The highest BCUT2D eigenvalue weighted by atomic mass is 79.9. The van der Waals surface area contributed by atoms with Crippen molar-refractivity contribution in [2.24, 2.45) is 0 Å². The normalized spacial score (nSPS) is 9.85. The molecule has 0 unspecified atom stereocenters. The van der Waals surface area contributed by atoms with E-state index in [1.807, 2.05) is 0 Å². The first-order valence-electron chi connectivity index (χ1n) is 3.29. The Morgan fingerprint density at radius 3 is 2.62 bits per heavy atom. The lowest BCUT2D eigenvalue weighted by molar-refractivity contribution is 0.107. The zero-order valence-corrected chi connectivity index (χ0v) is 9.70. The highest BCUT2D eigenvalue weighted by molar-refractivity contribution is 9.10. The van der Waals surface area contributed by atoms with Gasteiger partial charge in [-0.3, -0.25) is 4.79 Å². The zero-order valence-electron chi connectivity index (χ0n) is 6.61. The summed E-state index contributed by atoms with van der Waals surface area (Å²) in [5, 5.41) is -0.373. The van der Waals surface area contributed by atoms with Crippen LogP contribution in [-0.2, 0) is 0 Å². The molecule has 0 aliphatic rings. The first-order valence-corrected chi connectivity index (χ1v) is 4.84. The summed E-state index contributed by atoms with van der Waals surface area (Å²) in [6.07, 6.45) is 0. The van der Waals surface area contributed by atoms with Gasteiger partial charge in [-0.1, -0.05) is 11.6 Å². The minimum Gasteiger partial charge on any atom is -0.496 e. The molecule has 1 rings (SSSR count). The van der Waals surface area contributed by atoms with Crippen molar-refractivity contribution in [2.45, 2.75) is 0 Å². The van der Waals surface area contributed by atoms with Crippen LogP contribution in [0.2, 0.25) is 5.02 Å². The summed E-state index contributed by atoms with van der Waals surface area (Å²) in [7, 11) is 1.45. The third-order valence-corrected chi connectivity index (χ3v) is 2.94. The smallest absolute Gasteiger partial charge is 0.257 e. The quantitative estimate of drug-likeness (QED) is 0.777. The van der Waals surface area contributed by atoms with Gasteiger partial charge < -0.3 is 4.74 Å². The van der Waals surface area contributed by atoms with Gasteiger partial charge in [0.2, 0.25) is 0 Å². The molecule has 2 nitrogen and oxygen atoms in total. The van der Waals surface area contributed by atoms with E-state index in [1.165, 1.54) is 7.11 Å². The predicted octanol–water partition coefficient (Wildman–Crippen LogP) is 3.49. The zero-order chi connectivity index (χ0) is 10.0. The molecule has 0 heterocycles. The fourth-order valence-electron chi connectivity index (χ4n) is 0.886. The second-order valence-electron chi connectivity index (χ2n) is 2.21. The van der Waals surface area contributed by atoms with Crippen molar-refractivity contribution in [1.82, 2.24) is 0 Å². The monoisotopic (exact) mass is 282 g/mol. The number of carbonyl (C=O) groups is 1. The van der Waals surface area contributed by atoms with Gasteiger partial charge in [-0.25, -0.2) is 0 Å². The predicted molar refractivity (Wildman–Crippen MR) is 55.9 cm³/mol. The largest absolute Gasteiger partial charge is 0.496 e. The Balaban J connectivity index is 3.41. The summed E-state index contributed by atoms with van der Waals surface area (Å²) in [5.41, 5.74) is 0.181. The lowest BCUT2D eigenvalue weighted by atomic mass is 10.2. The summed E-state index contributed by atoms with van der Waals surface area (Å²) in [6.45, 7) is 0. The first-order chi connectivity index (χ1) is 6.07. The van der Waals surface area contributed by atoms with Crippen LogP contribution < -0.4 is 4.74 Å². The molecule has 0 spiro atoms. The van der Waals surface area contributed by atoms with E-state index in [4.69, 9.17) is 27.9 Å². The van der Waals surface area contributed by atoms with Crippen LogP contribution in [-0.4, -0.2) is 12.4 Å². The second-order valence-corrected chi connectivity index (χ2v) is 3.79. The van der Waals surface area contributed by atoms with Gasteiger partial charge in [-0.2, -0.15) is 0 Å². The van der Waals surface area contributed by atoms with Crippen LogP contribution in [0.1, 0.15) is 10.4 Å². The van der Waals surface area contributed by atoms with E-state index in [0.717, 1.165) is 0 Å². The van der Waals surface area contributed by atoms with E-state index >= 15 is 0 Å². The molecule has 0 amide bonds. The van der Waals surface area contributed by atoms with Crippen molar-refractivity contribution in [2.75, 3.05) is 7.11 Å². The van der Waals surface area contributed by atoms with Crippen LogP contribution in [0.15, 0.2) is 16.6 Å². The van der Waals surface area contributed by atoms with Crippen molar-refractivity contribution in [3.05, 3.63) is 27.2 Å². The Hall–Kier alpha value is -0.250. The number of halogens is 3. The molecule has 0 fully saturated rings. The fourth-order valence-corrected chi connectivity index (χ4v) is 1.69. The molecule has 0 aromatic heterocycles. The van der Waals surface area contributed by atoms with E-state index in [-0.39, 0.29) is 10.6 Å². The number of carbonyl (C=O) groups excluding carboxylic acids is 1. The van der Waals surface area contributed by atoms with Crippen molar-refractivity contribution < 1.29 is 9.53 Å². The van der Waals surface area contributed by atoms with Gasteiger partial charge in [-0.15, -0.1) is 0 Å². The molecule has 0 saturated heterocycles. The van der Waals surface area contributed by atoms with E-state index in [1.54, 1.807) is 12.1 Å². The van der Waals surface area contributed by atoms with Gasteiger partial charge in [0.25, 0.3) is 5.24 Å². The van der Waals surface area contributed by atoms with Crippen molar-refractivity contribution in [1.29, 1.82) is 0 Å². The molecule has 13 heavy (non-hydrogen) atoms. The number of hydrogen-bond donors (Lipinski definition) is 0. The molecule has 0 radical (unpaired) electrons. The SMILES string of the molecule is COc1ccc(Br)c(Cl)c1C(=O)Cl. The molecular weight excluding hydrogens is 279 g/mol. The lowest BCUT2D eigenvalue weighted by Gasteiger charge is -2.07. The maximum atomic E-state index is 11.0. The Kier molecular flexibility index (Phi) is 3.59. The highest BCUT2D eigenvalue weighted by Crippen LogP contribution is 2.33. The molecule has 0 saturated carbocycles. The van der Waals surface area contributed by atoms with Gasteiger partial charge >= 0.3 is 0 Å². The average molecular weight is 284 g/mol. The maximum absolute atomic E-state index is 11.0. The van der Waals surface area contributed by atoms with Crippen LogP contribution >= 0.6 is 39.1 Å². The molecule has 0 N–H and O–H groups in total. The Morgan fingerprint density at radius 1 is 1.54 bits per heavy atom. The number of benzene rings is 1. The molecule has 1 aromatic rings. The minimum atomic E-state index is -0.636. The van der Waals surface area contributed by atoms with Gasteiger partial charge in [-0.05, 0) is 39.7 Å². The Bertz CT molecular complexity index is 352. The highest BCUT2D eigenvalue weighted by Gasteiger charge is 2.16. The Labute approximate surface area is 93.9 Å². The van der Waals surface area contributed by atoms with Gasteiger partial charge in [0.15, 0.2) is 0 Å². The first kappa shape index (κ1) is 10.8. The van der Waals surface area contributed by atoms with E-state index in [9.17, 15) is 4.79 Å². The van der Waals surface area contributed by atoms with Crippen LogP contribution in [0.3, 0.4) is 0 Å². The standard InChI is InChI=1S/C8H5BrCl2O2/c1-13-5-3-2-4(9)7(10)6(5)8(11)12/h2-3H,1H3. The Morgan fingerprint density at radius 2 is 2.15 bits per heavy atom. The lowest BCUT2D eigenvalue weighted by Crippen LogP contribution is -1.96. The molecule has 0 atom stereocenters. The number of methoxy groups -OCH3 is 1. The molecule has 0 aliphatic heterocycles. The summed E-state index contributed by atoms with van der Waals surface area (Å²) in [5.74, 6) is 0.369. The molecule has 5 heteroatoms. The van der Waals surface area contributed by atoms with Gasteiger partial charge in [0.1, 0.15) is 5.75 Å². The topological polar surface area (TPSA) is 26.3 Å². The third kappa shape index (κ3) is 2.16. The van der Waals surface area contributed by atoms with Gasteiger partial charge in [0.05, 0.1) is 17.7 Å². The molecule has 70 valence electrons. The minimum absolute atomic E-state index is 0.181. The van der Waals surface area contributed by atoms with Crippen LogP contribution in [0.4, 0.5) is 0 Å². The van der Waals surface area contributed by atoms with Gasteiger partial charge in [0, 0.05) is 4.47 Å². The number of hydrogen-bond acceptors (Lipinski definition) is 2. The van der Waals surface area contributed by atoms with Crippen molar-refractivity contribution >= 4 is 44.4 Å². The fraction of sp³-hybridized carbons (Fsp3) is 0.125. The average Bonchev–Trinajstić information content (AvgIpc) is 2.08. The summed E-state index contributed by atoms with van der Waals surface area (Å²) < 4.78 is 5.54. The van der Waals surface area contributed by atoms with Crippen molar-refractivity contribution in [3.8, 4) is 5.75 Å². The maximum Gasteiger partial charge on any atom is 0.257 e. The summed E-state index contributed by atoms with van der Waals surface area (Å²) in [6, 6.07) is 3.30. The van der Waals surface area contributed by atoms with Crippen LogP contribution in [0.5, 0.6) is 5.75 Å².